The van der Waals surface area contributed by atoms with Gasteiger partial charge >= 0.3 is 5.97 Å². The number of rotatable bonds is 2. The van der Waals surface area contributed by atoms with Crippen molar-refractivity contribution in [2.24, 2.45) is 0 Å². The molecule has 0 spiro atoms. The lowest BCUT2D eigenvalue weighted by Crippen LogP contribution is -2.03. The monoisotopic (exact) mass is 206 g/mol. The third kappa shape index (κ3) is 1.48. The Kier molecular flexibility index (Phi) is 2.19. The van der Waals surface area contributed by atoms with Gasteiger partial charge in [-0.2, -0.15) is 0 Å². The summed E-state index contributed by atoms with van der Waals surface area (Å²) in [5.74, 6) is -0.750. The zero-order valence-electron chi connectivity index (χ0n) is 8.24. The van der Waals surface area contributed by atoms with Crippen LogP contribution in [-0.4, -0.2) is 24.0 Å². The Morgan fingerprint density at radius 1 is 1.40 bits per heavy atom. The van der Waals surface area contributed by atoms with Crippen molar-refractivity contribution < 1.29 is 19.4 Å². The highest BCUT2D eigenvalue weighted by Crippen LogP contribution is 2.29. The molecular formula is C11H10O4. The smallest absolute Gasteiger partial charge is 0.339 e. The summed E-state index contributed by atoms with van der Waals surface area (Å²) in [5, 5.41) is 8.92. The zero-order valence-corrected chi connectivity index (χ0v) is 8.24. The summed E-state index contributed by atoms with van der Waals surface area (Å²) in [4.78, 5) is 22.3. The van der Waals surface area contributed by atoms with Crippen molar-refractivity contribution in [3.63, 3.8) is 0 Å². The summed E-state index contributed by atoms with van der Waals surface area (Å²) in [6, 6.07) is 3.05. The minimum absolute atomic E-state index is 0.00940. The molecule has 0 atom stereocenters. The first-order valence-electron chi connectivity index (χ1n) is 4.61. The van der Waals surface area contributed by atoms with Gasteiger partial charge in [0.1, 0.15) is 11.3 Å². The van der Waals surface area contributed by atoms with E-state index in [1.165, 1.54) is 13.2 Å². The first-order valence-corrected chi connectivity index (χ1v) is 4.61. The van der Waals surface area contributed by atoms with Crippen molar-refractivity contribution >= 4 is 11.8 Å². The van der Waals surface area contributed by atoms with Crippen LogP contribution in [0.2, 0.25) is 0 Å². The van der Waals surface area contributed by atoms with Gasteiger partial charge in [0.15, 0.2) is 5.78 Å². The number of carbonyl (C=O) groups excluding carboxylic acids is 1. The SMILES string of the molecule is COc1cc2c(cc1C(=O)O)C(=O)CC2. The van der Waals surface area contributed by atoms with E-state index in [2.05, 4.69) is 0 Å². The van der Waals surface area contributed by atoms with Gasteiger partial charge in [0, 0.05) is 12.0 Å². The van der Waals surface area contributed by atoms with E-state index in [4.69, 9.17) is 9.84 Å². The van der Waals surface area contributed by atoms with Gasteiger partial charge in [-0.1, -0.05) is 0 Å². The summed E-state index contributed by atoms with van der Waals surface area (Å²) >= 11 is 0. The Hall–Kier alpha value is -1.84. The van der Waals surface area contributed by atoms with Crippen LogP contribution in [0.3, 0.4) is 0 Å². The number of ether oxygens (including phenoxy) is 1. The topological polar surface area (TPSA) is 63.6 Å². The fraction of sp³-hybridized carbons (Fsp3) is 0.273. The van der Waals surface area contributed by atoms with Crippen molar-refractivity contribution in [1.29, 1.82) is 0 Å². The van der Waals surface area contributed by atoms with Gasteiger partial charge in [-0.05, 0) is 24.1 Å². The second-order valence-corrected chi connectivity index (χ2v) is 3.44. The summed E-state index contributed by atoms with van der Waals surface area (Å²) in [6.07, 6.45) is 1.13. The molecule has 78 valence electrons. The Morgan fingerprint density at radius 2 is 2.13 bits per heavy atom. The lowest BCUT2D eigenvalue weighted by molar-refractivity contribution is 0.0693. The molecule has 0 heterocycles. The lowest BCUT2D eigenvalue weighted by Gasteiger charge is -2.07. The Balaban J connectivity index is 2.61. The van der Waals surface area contributed by atoms with Crippen molar-refractivity contribution in [2.75, 3.05) is 7.11 Å². The molecule has 4 heteroatoms. The molecule has 0 bridgehead atoms. The third-order valence-electron chi connectivity index (χ3n) is 2.58. The number of Topliss-reactive ketones (excluding diaryl/α,β-unsaturated/α-hetero) is 1. The van der Waals surface area contributed by atoms with E-state index in [1.54, 1.807) is 6.07 Å². The van der Waals surface area contributed by atoms with Gasteiger partial charge < -0.3 is 9.84 Å². The second kappa shape index (κ2) is 3.38. The van der Waals surface area contributed by atoms with Crippen LogP contribution in [0.1, 0.15) is 32.7 Å². The van der Waals surface area contributed by atoms with Gasteiger partial charge in [-0.3, -0.25) is 4.79 Å². The molecule has 15 heavy (non-hydrogen) atoms. The average molecular weight is 206 g/mol. The van der Waals surface area contributed by atoms with Crippen molar-refractivity contribution in [2.45, 2.75) is 12.8 Å². The second-order valence-electron chi connectivity index (χ2n) is 3.44. The van der Waals surface area contributed by atoms with Crippen LogP contribution in [-0.2, 0) is 6.42 Å². The number of aromatic carboxylic acids is 1. The number of carboxylic acid groups (broad SMARTS) is 1. The highest BCUT2D eigenvalue weighted by molar-refractivity contribution is 6.03. The molecular weight excluding hydrogens is 196 g/mol. The number of hydrogen-bond acceptors (Lipinski definition) is 3. The molecule has 0 radical (unpaired) electrons. The number of hydrogen-bond donors (Lipinski definition) is 1. The fourth-order valence-corrected chi connectivity index (χ4v) is 1.81. The number of carbonyl (C=O) groups is 2. The summed E-state index contributed by atoms with van der Waals surface area (Å²) < 4.78 is 4.98. The summed E-state index contributed by atoms with van der Waals surface area (Å²) in [5.41, 5.74) is 1.45. The zero-order chi connectivity index (χ0) is 11.0. The van der Waals surface area contributed by atoms with Gasteiger partial charge in [0.25, 0.3) is 0 Å². The van der Waals surface area contributed by atoms with Crippen molar-refractivity contribution in [3.05, 3.63) is 28.8 Å². The predicted molar refractivity (Wildman–Crippen MR) is 52.6 cm³/mol. The molecule has 0 fully saturated rings. The van der Waals surface area contributed by atoms with E-state index in [0.717, 1.165) is 5.56 Å². The fourth-order valence-electron chi connectivity index (χ4n) is 1.81. The number of methoxy groups -OCH3 is 1. The maximum Gasteiger partial charge on any atom is 0.339 e. The number of benzene rings is 1. The molecule has 1 N–H and O–H groups in total. The molecule has 0 unspecified atom stereocenters. The van der Waals surface area contributed by atoms with E-state index in [0.29, 0.717) is 24.2 Å². The largest absolute Gasteiger partial charge is 0.496 e. The Morgan fingerprint density at radius 3 is 2.73 bits per heavy atom. The van der Waals surface area contributed by atoms with Gasteiger partial charge in [-0.25, -0.2) is 4.79 Å². The molecule has 1 aromatic carbocycles. The third-order valence-corrected chi connectivity index (χ3v) is 2.58. The van der Waals surface area contributed by atoms with Crippen molar-refractivity contribution in [3.8, 4) is 5.75 Å². The minimum atomic E-state index is -1.07. The highest BCUT2D eigenvalue weighted by Gasteiger charge is 2.23. The van der Waals surface area contributed by atoms with E-state index in [-0.39, 0.29) is 11.3 Å². The highest BCUT2D eigenvalue weighted by atomic mass is 16.5. The van der Waals surface area contributed by atoms with Crippen LogP contribution >= 0.6 is 0 Å². The van der Waals surface area contributed by atoms with Crippen LogP contribution in [0.15, 0.2) is 12.1 Å². The van der Waals surface area contributed by atoms with E-state index in [1.807, 2.05) is 0 Å². The number of carboxylic acids is 1. The normalized spacial score (nSPS) is 13.8. The average Bonchev–Trinajstić information content (AvgIpc) is 2.58. The number of aryl methyl sites for hydroxylation is 1. The maximum atomic E-state index is 11.4. The molecule has 1 aliphatic carbocycles. The first-order chi connectivity index (χ1) is 7.13. The Bertz CT molecular complexity index is 448. The molecule has 0 aromatic heterocycles. The quantitative estimate of drug-likeness (QED) is 0.796. The summed E-state index contributed by atoms with van der Waals surface area (Å²) in [7, 11) is 1.42. The first kappa shape index (κ1) is 9.71. The number of fused-ring (bicyclic) bond motifs is 1. The molecule has 0 saturated heterocycles. The molecule has 1 aromatic rings. The van der Waals surface area contributed by atoms with Gasteiger partial charge in [0.05, 0.1) is 7.11 Å². The minimum Gasteiger partial charge on any atom is -0.496 e. The van der Waals surface area contributed by atoms with Crippen LogP contribution in [0, 0.1) is 0 Å². The van der Waals surface area contributed by atoms with Gasteiger partial charge in [-0.15, -0.1) is 0 Å². The van der Waals surface area contributed by atoms with E-state index in [9.17, 15) is 9.59 Å². The van der Waals surface area contributed by atoms with Crippen LogP contribution < -0.4 is 4.74 Å². The maximum absolute atomic E-state index is 11.4. The molecule has 1 aliphatic rings. The van der Waals surface area contributed by atoms with Crippen LogP contribution in [0.4, 0.5) is 0 Å². The molecule has 4 nitrogen and oxygen atoms in total. The van der Waals surface area contributed by atoms with E-state index < -0.39 is 5.97 Å². The molecule has 0 aliphatic heterocycles. The van der Waals surface area contributed by atoms with Gasteiger partial charge in [0.2, 0.25) is 0 Å². The van der Waals surface area contributed by atoms with E-state index >= 15 is 0 Å². The predicted octanol–water partition coefficient (Wildman–Crippen LogP) is 1.52. The van der Waals surface area contributed by atoms with Crippen molar-refractivity contribution in [1.82, 2.24) is 0 Å². The Labute approximate surface area is 86.5 Å². The molecule has 2 rings (SSSR count). The van der Waals surface area contributed by atoms with Crippen LogP contribution in [0.25, 0.3) is 0 Å². The summed E-state index contributed by atoms with van der Waals surface area (Å²) in [6.45, 7) is 0. The standard InChI is InChI=1S/C11H10O4/c1-15-10-4-6-2-3-9(12)7(6)5-8(10)11(13)14/h4-5H,2-3H2,1H3,(H,13,14). The lowest BCUT2D eigenvalue weighted by atomic mass is 10.0. The number of ketones is 1. The molecule has 0 saturated carbocycles. The molecule has 0 amide bonds. The van der Waals surface area contributed by atoms with Crippen LogP contribution in [0.5, 0.6) is 5.75 Å².